The number of aromatic nitrogens is 1. The fraction of sp³-hybridized carbons (Fsp3) is 0.154. The highest BCUT2D eigenvalue weighted by atomic mass is 32.2. The summed E-state index contributed by atoms with van der Waals surface area (Å²) in [5, 5.41) is 6.12. The molecule has 20 heavy (non-hydrogen) atoms. The van der Waals surface area contributed by atoms with Gasteiger partial charge in [0.15, 0.2) is 5.04 Å². The van der Waals surface area contributed by atoms with Crippen molar-refractivity contribution in [2.24, 2.45) is 5.10 Å². The van der Waals surface area contributed by atoms with Crippen molar-refractivity contribution in [2.75, 3.05) is 7.11 Å². The van der Waals surface area contributed by atoms with Crippen LogP contribution in [0.15, 0.2) is 52.7 Å². The standard InChI is InChI=1S/C13H13N3O3S/c1-19-16-8-4-7-12(15-16)20(17,18)13-9-10-5-2-3-6-11(10)14-13/h2-6,8-9,14H,7H2,1H3. The number of fused-ring (bicyclic) bond motifs is 1. The van der Waals surface area contributed by atoms with E-state index in [-0.39, 0.29) is 16.5 Å². The summed E-state index contributed by atoms with van der Waals surface area (Å²) in [5.41, 5.74) is 0.779. The fourth-order valence-electron chi connectivity index (χ4n) is 2.01. The molecule has 0 unspecified atom stereocenters. The summed E-state index contributed by atoms with van der Waals surface area (Å²) < 4.78 is 25.1. The molecule has 3 rings (SSSR count). The Hall–Kier alpha value is -2.12. The molecule has 0 spiro atoms. The number of nitrogens with one attached hydrogen (secondary N) is 1. The highest BCUT2D eigenvalue weighted by Gasteiger charge is 2.26. The molecule has 0 atom stereocenters. The lowest BCUT2D eigenvalue weighted by Gasteiger charge is -2.16. The number of nitrogens with zero attached hydrogens (tertiary/aromatic N) is 2. The average Bonchev–Trinajstić information content (AvgIpc) is 2.92. The summed E-state index contributed by atoms with van der Waals surface area (Å²) in [5.74, 6) is 0. The number of rotatable bonds is 2. The number of sulfone groups is 1. The highest BCUT2D eigenvalue weighted by molar-refractivity contribution is 8.06. The first kappa shape index (κ1) is 12.9. The van der Waals surface area contributed by atoms with Gasteiger partial charge in [0.05, 0.1) is 13.3 Å². The van der Waals surface area contributed by atoms with Gasteiger partial charge in [-0.1, -0.05) is 24.3 Å². The molecule has 2 aromatic rings. The maximum atomic E-state index is 12.5. The zero-order valence-corrected chi connectivity index (χ0v) is 11.6. The van der Waals surface area contributed by atoms with E-state index in [2.05, 4.69) is 10.1 Å². The molecule has 7 heteroatoms. The second-order valence-corrected chi connectivity index (χ2v) is 6.21. The molecule has 1 aromatic heterocycles. The lowest BCUT2D eigenvalue weighted by Crippen LogP contribution is -2.22. The van der Waals surface area contributed by atoms with Gasteiger partial charge in [0.25, 0.3) is 0 Å². The van der Waals surface area contributed by atoms with Gasteiger partial charge in [-0.3, -0.25) is 4.84 Å². The van der Waals surface area contributed by atoms with Crippen LogP contribution in [0, 0.1) is 0 Å². The van der Waals surface area contributed by atoms with Gasteiger partial charge in [0, 0.05) is 17.3 Å². The van der Waals surface area contributed by atoms with Crippen molar-refractivity contribution in [3.8, 4) is 0 Å². The first-order valence-corrected chi connectivity index (χ1v) is 7.50. The average molecular weight is 291 g/mol. The Labute approximate surface area is 116 Å². The number of aromatic amines is 1. The Morgan fingerprint density at radius 2 is 2.15 bits per heavy atom. The quantitative estimate of drug-likeness (QED) is 0.918. The van der Waals surface area contributed by atoms with Crippen LogP contribution in [0.5, 0.6) is 0 Å². The second kappa shape index (κ2) is 4.77. The second-order valence-electron chi connectivity index (χ2n) is 4.29. The number of hydrogen-bond acceptors (Lipinski definition) is 5. The van der Waals surface area contributed by atoms with E-state index in [1.165, 1.54) is 7.11 Å². The Bertz CT molecular complexity index is 772. The van der Waals surface area contributed by atoms with Crippen molar-refractivity contribution >= 4 is 25.8 Å². The zero-order valence-electron chi connectivity index (χ0n) is 10.8. The van der Waals surface area contributed by atoms with Crippen molar-refractivity contribution < 1.29 is 13.3 Å². The molecule has 104 valence electrons. The van der Waals surface area contributed by atoms with Crippen LogP contribution in [0.4, 0.5) is 0 Å². The van der Waals surface area contributed by atoms with Crippen molar-refractivity contribution in [3.63, 3.8) is 0 Å². The summed E-state index contributed by atoms with van der Waals surface area (Å²) in [7, 11) is -2.22. The summed E-state index contributed by atoms with van der Waals surface area (Å²) in [6.07, 6.45) is 3.51. The molecular weight excluding hydrogens is 278 g/mol. The SMILES string of the molecule is CON1C=CCC(S(=O)(=O)c2cc3ccccc3[nH]2)=N1. The third-order valence-corrected chi connectivity index (χ3v) is 4.70. The summed E-state index contributed by atoms with van der Waals surface area (Å²) >= 11 is 0. The molecule has 0 saturated carbocycles. The predicted octanol–water partition coefficient (Wildman–Crippen LogP) is 2.04. The molecule has 0 amide bonds. The largest absolute Gasteiger partial charge is 0.345 e. The van der Waals surface area contributed by atoms with E-state index in [4.69, 9.17) is 4.84 Å². The van der Waals surface area contributed by atoms with E-state index in [0.717, 1.165) is 16.1 Å². The van der Waals surface area contributed by atoms with Crippen LogP contribution < -0.4 is 0 Å². The van der Waals surface area contributed by atoms with Gasteiger partial charge in [0.1, 0.15) is 5.03 Å². The number of H-pyrrole nitrogens is 1. The van der Waals surface area contributed by atoms with Crippen LogP contribution in [0.2, 0.25) is 0 Å². The maximum Gasteiger partial charge on any atom is 0.237 e. The van der Waals surface area contributed by atoms with E-state index >= 15 is 0 Å². The highest BCUT2D eigenvalue weighted by Crippen LogP contribution is 2.22. The third kappa shape index (κ3) is 2.10. The third-order valence-electron chi connectivity index (χ3n) is 3.03. The van der Waals surface area contributed by atoms with Crippen molar-refractivity contribution in [3.05, 3.63) is 42.6 Å². The Kier molecular flexibility index (Phi) is 3.07. The molecule has 0 aliphatic carbocycles. The van der Waals surface area contributed by atoms with Gasteiger partial charge >= 0.3 is 0 Å². The maximum absolute atomic E-state index is 12.5. The van der Waals surface area contributed by atoms with E-state index in [0.29, 0.717) is 0 Å². The monoisotopic (exact) mass is 291 g/mol. The van der Waals surface area contributed by atoms with Crippen LogP contribution in [0.3, 0.4) is 0 Å². The predicted molar refractivity (Wildman–Crippen MR) is 75.5 cm³/mol. The molecule has 1 aliphatic heterocycles. The van der Waals surface area contributed by atoms with Crippen LogP contribution in [-0.2, 0) is 14.7 Å². The number of para-hydroxylation sites is 1. The Balaban J connectivity index is 2.05. The smallest absolute Gasteiger partial charge is 0.237 e. The molecule has 2 heterocycles. The fourth-order valence-corrected chi connectivity index (χ4v) is 3.30. The number of benzene rings is 1. The molecule has 1 N–H and O–H groups in total. The molecule has 6 nitrogen and oxygen atoms in total. The number of hydrogen-bond donors (Lipinski definition) is 1. The van der Waals surface area contributed by atoms with E-state index in [1.54, 1.807) is 18.3 Å². The summed E-state index contributed by atoms with van der Waals surface area (Å²) in [6, 6.07) is 9.01. The van der Waals surface area contributed by atoms with E-state index < -0.39 is 9.84 Å². The van der Waals surface area contributed by atoms with Crippen LogP contribution in [0.25, 0.3) is 10.9 Å². The lowest BCUT2D eigenvalue weighted by atomic mass is 10.3. The molecule has 0 saturated heterocycles. The molecular formula is C13H13N3O3S. The first-order chi connectivity index (χ1) is 9.61. The van der Waals surface area contributed by atoms with Crippen molar-refractivity contribution in [1.29, 1.82) is 0 Å². The van der Waals surface area contributed by atoms with Crippen LogP contribution >= 0.6 is 0 Å². The minimum Gasteiger partial charge on any atom is -0.345 e. The molecule has 0 fully saturated rings. The Morgan fingerprint density at radius 3 is 2.90 bits per heavy atom. The molecule has 1 aliphatic rings. The van der Waals surface area contributed by atoms with Crippen molar-refractivity contribution in [1.82, 2.24) is 10.2 Å². The van der Waals surface area contributed by atoms with Gasteiger partial charge in [-0.25, -0.2) is 8.42 Å². The topological polar surface area (TPSA) is 74.8 Å². The number of hydroxylamine groups is 1. The Morgan fingerprint density at radius 1 is 1.35 bits per heavy atom. The number of hydrazone groups is 1. The summed E-state index contributed by atoms with van der Waals surface area (Å²) in [4.78, 5) is 7.81. The van der Waals surface area contributed by atoms with Gasteiger partial charge < -0.3 is 4.98 Å². The van der Waals surface area contributed by atoms with E-state index in [9.17, 15) is 8.42 Å². The molecule has 0 bridgehead atoms. The van der Waals surface area contributed by atoms with Crippen molar-refractivity contribution in [2.45, 2.75) is 11.4 Å². The zero-order chi connectivity index (χ0) is 14.2. The van der Waals surface area contributed by atoms with Gasteiger partial charge in [-0.15, -0.1) is 10.3 Å². The minimum atomic E-state index is -3.65. The van der Waals surface area contributed by atoms with Crippen LogP contribution in [-0.4, -0.2) is 30.7 Å². The molecule has 0 radical (unpaired) electrons. The number of allylic oxidation sites excluding steroid dienone is 1. The first-order valence-electron chi connectivity index (χ1n) is 6.01. The minimum absolute atomic E-state index is 0.0495. The van der Waals surface area contributed by atoms with Gasteiger partial charge in [-0.2, -0.15) is 0 Å². The van der Waals surface area contributed by atoms with Gasteiger partial charge in [0.2, 0.25) is 9.84 Å². The lowest BCUT2D eigenvalue weighted by molar-refractivity contribution is -0.0874. The normalized spacial score (nSPS) is 15.7. The molecule has 1 aromatic carbocycles. The van der Waals surface area contributed by atoms with Gasteiger partial charge in [-0.05, 0) is 12.1 Å². The summed E-state index contributed by atoms with van der Waals surface area (Å²) in [6.45, 7) is 0. The van der Waals surface area contributed by atoms with Crippen LogP contribution in [0.1, 0.15) is 6.42 Å². The van der Waals surface area contributed by atoms with E-state index in [1.807, 2.05) is 24.3 Å².